The first-order valence-corrected chi connectivity index (χ1v) is 8.90. The molecular weight excluding hydrogens is 282 g/mol. The van der Waals surface area contributed by atoms with E-state index in [1.165, 1.54) is 11.8 Å². The van der Waals surface area contributed by atoms with Crippen LogP contribution in [0.3, 0.4) is 0 Å². The molecule has 0 bridgehead atoms. The molecule has 0 saturated carbocycles. The molecule has 4 heteroatoms. The SMILES string of the molecule is CCN(Cc1cccc(S(C)(=O)=O)c1)c1cccc(C)c1. The number of rotatable bonds is 5. The van der Waals surface area contributed by atoms with E-state index >= 15 is 0 Å². The van der Waals surface area contributed by atoms with Crippen molar-refractivity contribution in [1.29, 1.82) is 0 Å². The molecule has 0 aromatic heterocycles. The van der Waals surface area contributed by atoms with Gasteiger partial charge < -0.3 is 4.90 Å². The van der Waals surface area contributed by atoms with Crippen LogP contribution in [-0.4, -0.2) is 21.2 Å². The summed E-state index contributed by atoms with van der Waals surface area (Å²) < 4.78 is 23.3. The van der Waals surface area contributed by atoms with Gasteiger partial charge in [0.25, 0.3) is 0 Å². The number of hydrogen-bond donors (Lipinski definition) is 0. The molecule has 3 nitrogen and oxygen atoms in total. The highest BCUT2D eigenvalue weighted by molar-refractivity contribution is 7.90. The van der Waals surface area contributed by atoms with Crippen molar-refractivity contribution >= 4 is 15.5 Å². The van der Waals surface area contributed by atoms with Crippen molar-refractivity contribution in [2.75, 3.05) is 17.7 Å². The molecule has 0 fully saturated rings. The second-order valence-corrected chi connectivity index (χ2v) is 7.29. The van der Waals surface area contributed by atoms with Gasteiger partial charge in [0.15, 0.2) is 9.84 Å². The minimum atomic E-state index is -3.16. The maximum absolute atomic E-state index is 11.6. The van der Waals surface area contributed by atoms with Gasteiger partial charge in [-0.1, -0.05) is 24.3 Å². The molecule has 0 unspecified atom stereocenters. The number of anilines is 1. The van der Waals surface area contributed by atoms with Crippen LogP contribution in [0.15, 0.2) is 53.4 Å². The molecule has 2 aromatic rings. The zero-order valence-electron chi connectivity index (χ0n) is 12.7. The largest absolute Gasteiger partial charge is 0.367 e. The average Bonchev–Trinajstić information content (AvgIpc) is 2.44. The van der Waals surface area contributed by atoms with Gasteiger partial charge in [0.1, 0.15) is 0 Å². The molecule has 0 heterocycles. The normalized spacial score (nSPS) is 11.4. The first-order chi connectivity index (χ1) is 9.90. The topological polar surface area (TPSA) is 37.4 Å². The fraction of sp³-hybridized carbons (Fsp3) is 0.294. The maximum Gasteiger partial charge on any atom is 0.175 e. The Morgan fingerprint density at radius 3 is 2.38 bits per heavy atom. The second-order valence-electron chi connectivity index (χ2n) is 5.27. The Balaban J connectivity index is 2.27. The van der Waals surface area contributed by atoms with Crippen LogP contribution in [0.4, 0.5) is 5.69 Å². The Hall–Kier alpha value is -1.81. The molecule has 0 amide bonds. The molecule has 0 aliphatic rings. The van der Waals surface area contributed by atoms with Crippen LogP contribution >= 0.6 is 0 Å². The van der Waals surface area contributed by atoms with Crippen LogP contribution in [0.5, 0.6) is 0 Å². The number of benzene rings is 2. The van der Waals surface area contributed by atoms with Gasteiger partial charge in [-0.2, -0.15) is 0 Å². The first-order valence-electron chi connectivity index (χ1n) is 7.01. The maximum atomic E-state index is 11.6. The van der Waals surface area contributed by atoms with Crippen LogP contribution in [0, 0.1) is 6.92 Å². The van der Waals surface area contributed by atoms with E-state index in [4.69, 9.17) is 0 Å². The summed E-state index contributed by atoms with van der Waals surface area (Å²) in [5.74, 6) is 0. The lowest BCUT2D eigenvalue weighted by molar-refractivity contribution is 0.601. The third-order valence-corrected chi connectivity index (χ3v) is 4.56. The predicted molar refractivity (Wildman–Crippen MR) is 87.5 cm³/mol. The monoisotopic (exact) mass is 303 g/mol. The standard InChI is InChI=1S/C17H21NO2S/c1-4-18(16-9-5-7-14(2)11-16)13-15-8-6-10-17(12-15)21(3,19)20/h5-12H,4,13H2,1-3H3. The summed E-state index contributed by atoms with van der Waals surface area (Å²) in [5.41, 5.74) is 3.37. The summed E-state index contributed by atoms with van der Waals surface area (Å²) in [6, 6.07) is 15.5. The third-order valence-electron chi connectivity index (χ3n) is 3.45. The quantitative estimate of drug-likeness (QED) is 0.849. The van der Waals surface area contributed by atoms with Crippen molar-refractivity contribution < 1.29 is 8.42 Å². The van der Waals surface area contributed by atoms with Crippen molar-refractivity contribution in [2.24, 2.45) is 0 Å². The smallest absolute Gasteiger partial charge is 0.175 e. The molecule has 0 atom stereocenters. The van der Waals surface area contributed by atoms with Gasteiger partial charge in [0.2, 0.25) is 0 Å². The molecule has 0 N–H and O–H groups in total. The molecule has 2 aromatic carbocycles. The summed E-state index contributed by atoms with van der Waals surface area (Å²) in [4.78, 5) is 2.61. The van der Waals surface area contributed by atoms with Gasteiger partial charge in [0, 0.05) is 25.0 Å². The van der Waals surface area contributed by atoms with Crippen LogP contribution in [-0.2, 0) is 16.4 Å². The van der Waals surface area contributed by atoms with Gasteiger partial charge >= 0.3 is 0 Å². The lowest BCUT2D eigenvalue weighted by Crippen LogP contribution is -2.22. The highest BCUT2D eigenvalue weighted by Gasteiger charge is 2.10. The number of sulfone groups is 1. The van der Waals surface area contributed by atoms with E-state index in [0.717, 1.165) is 17.8 Å². The van der Waals surface area contributed by atoms with E-state index in [1.54, 1.807) is 18.2 Å². The van der Waals surface area contributed by atoms with Crippen LogP contribution in [0.2, 0.25) is 0 Å². The van der Waals surface area contributed by atoms with Crippen molar-refractivity contribution in [1.82, 2.24) is 0 Å². The summed E-state index contributed by atoms with van der Waals surface area (Å²) in [6.07, 6.45) is 1.24. The van der Waals surface area contributed by atoms with Gasteiger partial charge in [0.05, 0.1) is 4.90 Å². The molecule has 0 spiro atoms. The summed E-state index contributed by atoms with van der Waals surface area (Å²) in [7, 11) is -3.16. The molecule has 112 valence electrons. The Morgan fingerprint density at radius 1 is 1.05 bits per heavy atom. The Morgan fingerprint density at radius 2 is 1.76 bits per heavy atom. The van der Waals surface area contributed by atoms with E-state index in [1.807, 2.05) is 12.1 Å². The summed E-state index contributed by atoms with van der Waals surface area (Å²) >= 11 is 0. The molecule has 2 rings (SSSR count). The molecule has 0 saturated heterocycles. The van der Waals surface area contributed by atoms with Crippen molar-refractivity contribution in [3.05, 3.63) is 59.7 Å². The van der Waals surface area contributed by atoms with Crippen molar-refractivity contribution in [3.8, 4) is 0 Å². The zero-order chi connectivity index (χ0) is 15.5. The van der Waals surface area contributed by atoms with Crippen LogP contribution in [0.25, 0.3) is 0 Å². The van der Waals surface area contributed by atoms with E-state index in [-0.39, 0.29) is 0 Å². The van der Waals surface area contributed by atoms with Gasteiger partial charge in [-0.3, -0.25) is 0 Å². The van der Waals surface area contributed by atoms with E-state index in [0.29, 0.717) is 11.4 Å². The number of hydrogen-bond acceptors (Lipinski definition) is 3. The molecule has 0 aliphatic heterocycles. The third kappa shape index (κ3) is 4.08. The minimum Gasteiger partial charge on any atom is -0.367 e. The zero-order valence-corrected chi connectivity index (χ0v) is 13.5. The van der Waals surface area contributed by atoms with Gasteiger partial charge in [-0.15, -0.1) is 0 Å². The Labute approximate surface area is 127 Å². The highest BCUT2D eigenvalue weighted by atomic mass is 32.2. The number of aryl methyl sites for hydroxylation is 1. The lowest BCUT2D eigenvalue weighted by Gasteiger charge is -2.24. The fourth-order valence-corrected chi connectivity index (χ4v) is 3.00. The lowest BCUT2D eigenvalue weighted by atomic mass is 10.1. The Bertz CT molecular complexity index is 723. The summed E-state index contributed by atoms with van der Waals surface area (Å²) in [5, 5.41) is 0. The van der Waals surface area contributed by atoms with E-state index < -0.39 is 9.84 Å². The molecular formula is C17H21NO2S. The minimum absolute atomic E-state index is 0.375. The molecule has 0 aliphatic carbocycles. The van der Waals surface area contributed by atoms with Gasteiger partial charge in [-0.05, 0) is 49.2 Å². The van der Waals surface area contributed by atoms with Crippen molar-refractivity contribution in [3.63, 3.8) is 0 Å². The fourth-order valence-electron chi connectivity index (χ4n) is 2.31. The highest BCUT2D eigenvalue weighted by Crippen LogP contribution is 2.20. The molecule has 0 radical (unpaired) electrons. The second kappa shape index (κ2) is 6.31. The van der Waals surface area contributed by atoms with Crippen LogP contribution in [0.1, 0.15) is 18.1 Å². The van der Waals surface area contributed by atoms with Gasteiger partial charge in [-0.25, -0.2) is 8.42 Å². The first kappa shape index (κ1) is 15.6. The van der Waals surface area contributed by atoms with E-state index in [9.17, 15) is 8.42 Å². The average molecular weight is 303 g/mol. The summed E-state index contributed by atoms with van der Waals surface area (Å²) in [6.45, 7) is 5.74. The predicted octanol–water partition coefficient (Wildman–Crippen LogP) is 3.43. The van der Waals surface area contributed by atoms with Crippen molar-refractivity contribution in [2.45, 2.75) is 25.3 Å². The van der Waals surface area contributed by atoms with Crippen LogP contribution < -0.4 is 4.90 Å². The Kier molecular flexibility index (Phi) is 4.68. The van der Waals surface area contributed by atoms with E-state index in [2.05, 4.69) is 36.9 Å². The number of nitrogens with zero attached hydrogens (tertiary/aromatic N) is 1. The molecule has 21 heavy (non-hydrogen) atoms.